The van der Waals surface area contributed by atoms with Crippen molar-refractivity contribution in [3.05, 3.63) is 105 Å². The molecule has 0 aliphatic rings. The summed E-state index contributed by atoms with van der Waals surface area (Å²) in [6, 6.07) is 18.7. The zero-order valence-corrected chi connectivity index (χ0v) is 16.5. The molecule has 4 rings (SSSR count). The maximum Gasteiger partial charge on any atom is 0.343 e. The fourth-order valence-corrected chi connectivity index (χ4v) is 3.91. The normalized spacial score (nSPS) is 12.1. The summed E-state index contributed by atoms with van der Waals surface area (Å²) in [4.78, 5) is 28.1. The van der Waals surface area contributed by atoms with E-state index < -0.39 is 11.5 Å². The topological polar surface area (TPSA) is 64.1 Å². The van der Waals surface area contributed by atoms with Crippen LogP contribution in [0.2, 0.25) is 5.02 Å². The van der Waals surface area contributed by atoms with Crippen LogP contribution in [-0.2, 0) is 11.3 Å². The average Bonchev–Trinajstić information content (AvgIpc) is 3.17. The highest BCUT2D eigenvalue weighted by Gasteiger charge is 2.22. The van der Waals surface area contributed by atoms with Gasteiger partial charge < -0.3 is 14.3 Å². The van der Waals surface area contributed by atoms with Crippen molar-refractivity contribution in [3.63, 3.8) is 0 Å². The first-order chi connectivity index (χ1) is 14.1. The summed E-state index contributed by atoms with van der Waals surface area (Å²) in [5.74, 6) is -0.837. The summed E-state index contributed by atoms with van der Waals surface area (Å²) in [5, 5.41) is 1.69. The zero-order chi connectivity index (χ0) is 20.4. The van der Waals surface area contributed by atoms with Crippen LogP contribution in [-0.4, -0.2) is 22.6 Å². The first-order valence-corrected chi connectivity index (χ1v) is 9.56. The van der Waals surface area contributed by atoms with Crippen LogP contribution in [0.25, 0.3) is 10.9 Å². The third-order valence-corrected chi connectivity index (χ3v) is 5.43. The Bertz CT molecular complexity index is 1240. The molecule has 2 aromatic heterocycles. The Balaban J connectivity index is 1.86. The number of benzene rings is 2. The fraction of sp³-hybridized carbons (Fsp3) is 0.130. The second kappa shape index (κ2) is 7.97. The lowest BCUT2D eigenvalue weighted by Crippen LogP contribution is -2.28. The number of aromatic amines is 1. The lowest BCUT2D eigenvalue weighted by Gasteiger charge is -2.20. The van der Waals surface area contributed by atoms with Gasteiger partial charge in [0, 0.05) is 40.8 Å². The summed E-state index contributed by atoms with van der Waals surface area (Å²) in [6.45, 7) is 0.329. The summed E-state index contributed by atoms with van der Waals surface area (Å²) in [7, 11) is 1.26. The first kappa shape index (κ1) is 19.0. The van der Waals surface area contributed by atoms with E-state index in [1.165, 1.54) is 17.7 Å². The zero-order valence-electron chi connectivity index (χ0n) is 15.8. The molecule has 2 aromatic carbocycles. The number of carbonyl (C=O) groups is 1. The Morgan fingerprint density at radius 2 is 1.83 bits per heavy atom. The number of nitrogens with one attached hydrogen (secondary N) is 1. The van der Waals surface area contributed by atoms with E-state index in [-0.39, 0.29) is 11.5 Å². The molecule has 0 aliphatic heterocycles. The molecule has 0 saturated heterocycles. The number of pyridine rings is 1. The van der Waals surface area contributed by atoms with E-state index in [4.69, 9.17) is 16.3 Å². The molecule has 0 amide bonds. The standard InChI is InChI=1S/C23H19ClN2O3/c1-29-23(28)17-9-6-12-26(22(17)27)14-19(15-7-2-4-10-20(15)24)18-13-25-21-11-5-3-8-16(18)21/h2-13,19,25H,14H2,1H3. The van der Waals surface area contributed by atoms with Gasteiger partial charge in [0.25, 0.3) is 5.56 Å². The van der Waals surface area contributed by atoms with E-state index in [2.05, 4.69) is 4.98 Å². The van der Waals surface area contributed by atoms with Gasteiger partial charge >= 0.3 is 5.97 Å². The number of fused-ring (bicyclic) bond motifs is 1. The third-order valence-electron chi connectivity index (χ3n) is 5.08. The number of para-hydroxylation sites is 1. The van der Waals surface area contributed by atoms with Gasteiger partial charge in [0.2, 0.25) is 0 Å². The Morgan fingerprint density at radius 1 is 1.07 bits per heavy atom. The van der Waals surface area contributed by atoms with E-state index in [0.717, 1.165) is 22.0 Å². The Labute approximate surface area is 172 Å². The number of nitrogens with zero attached hydrogens (tertiary/aromatic N) is 1. The predicted octanol–water partition coefficient (Wildman–Crippen LogP) is 4.60. The van der Waals surface area contributed by atoms with Crippen molar-refractivity contribution in [3.8, 4) is 0 Å². The SMILES string of the molecule is COC(=O)c1cccn(CC(c2ccccc2Cl)c2c[nH]c3ccccc23)c1=O. The predicted molar refractivity (Wildman–Crippen MR) is 114 cm³/mol. The first-order valence-electron chi connectivity index (χ1n) is 9.18. The van der Waals surface area contributed by atoms with E-state index in [1.54, 1.807) is 12.3 Å². The van der Waals surface area contributed by atoms with Gasteiger partial charge in [-0.25, -0.2) is 4.79 Å². The number of halogens is 1. The molecule has 0 saturated carbocycles. The maximum absolute atomic E-state index is 12.9. The molecule has 1 unspecified atom stereocenters. The maximum atomic E-state index is 12.9. The van der Waals surface area contributed by atoms with E-state index in [1.807, 2.05) is 54.7 Å². The molecule has 0 aliphatic carbocycles. The second-order valence-corrected chi connectivity index (χ2v) is 7.14. The van der Waals surface area contributed by atoms with Crippen LogP contribution < -0.4 is 5.56 Å². The Kier molecular flexibility index (Phi) is 5.23. The number of ether oxygens (including phenoxy) is 1. The van der Waals surface area contributed by atoms with Crippen LogP contribution >= 0.6 is 11.6 Å². The molecule has 0 bridgehead atoms. The summed E-state index contributed by atoms with van der Waals surface area (Å²) >= 11 is 6.53. The third kappa shape index (κ3) is 3.57. The highest BCUT2D eigenvalue weighted by molar-refractivity contribution is 6.31. The average molecular weight is 407 g/mol. The number of methoxy groups -OCH3 is 1. The molecule has 5 nitrogen and oxygen atoms in total. The Morgan fingerprint density at radius 3 is 2.62 bits per heavy atom. The summed E-state index contributed by atoms with van der Waals surface area (Å²) in [5.41, 5.74) is 2.57. The molecule has 29 heavy (non-hydrogen) atoms. The number of carbonyl (C=O) groups excluding carboxylic acids is 1. The van der Waals surface area contributed by atoms with Gasteiger partial charge in [-0.3, -0.25) is 4.79 Å². The molecular formula is C23H19ClN2O3. The number of rotatable bonds is 5. The van der Waals surface area contributed by atoms with Crippen molar-refractivity contribution >= 4 is 28.5 Å². The second-order valence-electron chi connectivity index (χ2n) is 6.73. The molecule has 146 valence electrons. The number of H-pyrrole nitrogens is 1. The highest BCUT2D eigenvalue weighted by atomic mass is 35.5. The van der Waals surface area contributed by atoms with Crippen LogP contribution in [0.1, 0.15) is 27.4 Å². The van der Waals surface area contributed by atoms with Crippen LogP contribution in [0.15, 0.2) is 77.9 Å². The summed E-state index contributed by atoms with van der Waals surface area (Å²) in [6.07, 6.45) is 3.63. The van der Waals surface area contributed by atoms with Gasteiger partial charge in [-0.15, -0.1) is 0 Å². The molecule has 0 radical (unpaired) electrons. The van der Waals surface area contributed by atoms with Crippen LogP contribution in [0.3, 0.4) is 0 Å². The van der Waals surface area contributed by atoms with Gasteiger partial charge in [-0.2, -0.15) is 0 Å². The quantitative estimate of drug-likeness (QED) is 0.492. The van der Waals surface area contributed by atoms with Gasteiger partial charge in [0.1, 0.15) is 5.56 Å². The lowest BCUT2D eigenvalue weighted by molar-refractivity contribution is 0.0598. The highest BCUT2D eigenvalue weighted by Crippen LogP contribution is 2.35. The van der Waals surface area contributed by atoms with Crippen molar-refractivity contribution in [1.82, 2.24) is 9.55 Å². The Hall–Kier alpha value is -3.31. The van der Waals surface area contributed by atoms with Crippen LogP contribution in [0.5, 0.6) is 0 Å². The molecule has 2 heterocycles. The van der Waals surface area contributed by atoms with Crippen LogP contribution in [0.4, 0.5) is 0 Å². The van der Waals surface area contributed by atoms with Crippen molar-refractivity contribution in [2.24, 2.45) is 0 Å². The van der Waals surface area contributed by atoms with Gasteiger partial charge in [0.15, 0.2) is 0 Å². The molecule has 1 atom stereocenters. The number of aromatic nitrogens is 2. The number of esters is 1. The molecule has 0 spiro atoms. The van der Waals surface area contributed by atoms with Crippen molar-refractivity contribution in [2.75, 3.05) is 7.11 Å². The molecular weight excluding hydrogens is 388 g/mol. The number of hydrogen-bond acceptors (Lipinski definition) is 3. The smallest absolute Gasteiger partial charge is 0.343 e. The van der Waals surface area contributed by atoms with Crippen LogP contribution in [0, 0.1) is 0 Å². The van der Waals surface area contributed by atoms with E-state index in [0.29, 0.717) is 11.6 Å². The van der Waals surface area contributed by atoms with Crippen molar-refractivity contribution < 1.29 is 9.53 Å². The minimum atomic E-state index is -0.647. The van der Waals surface area contributed by atoms with E-state index in [9.17, 15) is 9.59 Å². The lowest BCUT2D eigenvalue weighted by atomic mass is 9.90. The molecule has 0 fully saturated rings. The van der Waals surface area contributed by atoms with Gasteiger partial charge in [0.05, 0.1) is 7.11 Å². The van der Waals surface area contributed by atoms with E-state index >= 15 is 0 Å². The minimum absolute atomic E-state index is 0.00633. The number of hydrogen-bond donors (Lipinski definition) is 1. The molecule has 4 aromatic rings. The molecule has 6 heteroatoms. The summed E-state index contributed by atoms with van der Waals surface area (Å²) < 4.78 is 6.26. The minimum Gasteiger partial charge on any atom is -0.465 e. The fourth-order valence-electron chi connectivity index (χ4n) is 3.65. The molecule has 1 N–H and O–H groups in total. The van der Waals surface area contributed by atoms with Crippen molar-refractivity contribution in [2.45, 2.75) is 12.5 Å². The largest absolute Gasteiger partial charge is 0.465 e. The monoisotopic (exact) mass is 406 g/mol. The van der Waals surface area contributed by atoms with Gasteiger partial charge in [-0.1, -0.05) is 48.0 Å². The van der Waals surface area contributed by atoms with Crippen molar-refractivity contribution in [1.29, 1.82) is 0 Å². The van der Waals surface area contributed by atoms with Gasteiger partial charge in [-0.05, 0) is 35.4 Å².